The predicted octanol–water partition coefficient (Wildman–Crippen LogP) is 8.34. The molecule has 2 aromatic heterocycles. The van der Waals surface area contributed by atoms with E-state index >= 15 is 0 Å². The van der Waals surface area contributed by atoms with Crippen LogP contribution in [0.25, 0.3) is 23.1 Å². The average molecular weight is 586 g/mol. The molecule has 5 rings (SSSR count). The number of pyridine rings is 1. The Bertz CT molecular complexity index is 1460. The van der Waals surface area contributed by atoms with Crippen molar-refractivity contribution in [2.45, 2.75) is 74.3 Å². The Morgan fingerprint density at radius 2 is 1.93 bits per heavy atom. The predicted molar refractivity (Wildman–Crippen MR) is 168 cm³/mol. The second-order valence-corrected chi connectivity index (χ2v) is 11.4. The molecule has 1 aliphatic rings. The summed E-state index contributed by atoms with van der Waals surface area (Å²) in [6, 6.07) is 20.6. The van der Waals surface area contributed by atoms with Gasteiger partial charge < -0.3 is 14.2 Å². The average Bonchev–Trinajstić information content (AvgIpc) is 3.39. The van der Waals surface area contributed by atoms with Crippen LogP contribution in [-0.2, 0) is 14.3 Å². The normalized spacial score (nSPS) is 15.3. The number of hydrogen-bond acceptors (Lipinski definition) is 7. The van der Waals surface area contributed by atoms with Crippen molar-refractivity contribution >= 4 is 40.8 Å². The maximum Gasteiger partial charge on any atom is 0.305 e. The number of benzene rings is 2. The van der Waals surface area contributed by atoms with Crippen LogP contribution in [0.2, 0.25) is 0 Å². The van der Waals surface area contributed by atoms with Crippen LogP contribution in [0.4, 0.5) is 0 Å². The summed E-state index contributed by atoms with van der Waals surface area (Å²) in [6.07, 6.45) is 13.3. The summed E-state index contributed by atoms with van der Waals surface area (Å²) in [5.41, 5.74) is 2.87. The van der Waals surface area contributed by atoms with Gasteiger partial charge >= 0.3 is 5.97 Å². The van der Waals surface area contributed by atoms with Crippen LogP contribution in [-0.4, -0.2) is 40.6 Å². The topological polar surface area (TPSA) is 75.5 Å². The lowest BCUT2D eigenvalue weighted by Crippen LogP contribution is -2.19. The van der Waals surface area contributed by atoms with Gasteiger partial charge in [-0.2, -0.15) is 5.10 Å². The smallest absolute Gasteiger partial charge is 0.305 e. The molecule has 0 radical (unpaired) electrons. The Hall–Kier alpha value is -3.62. The van der Waals surface area contributed by atoms with Crippen LogP contribution >= 0.6 is 11.8 Å². The molecule has 7 nitrogen and oxygen atoms in total. The molecule has 8 heteroatoms. The third-order valence-corrected chi connectivity index (χ3v) is 8.20. The van der Waals surface area contributed by atoms with Gasteiger partial charge in [-0.15, -0.1) is 0 Å². The summed E-state index contributed by atoms with van der Waals surface area (Å²) in [5.74, 6) is 0.779. The molecule has 1 aliphatic heterocycles. The number of rotatable bonds is 14. The third-order valence-electron chi connectivity index (χ3n) is 7.15. The lowest BCUT2D eigenvalue weighted by molar-refractivity contribution is -0.143. The molecule has 220 valence electrons. The third kappa shape index (κ3) is 8.23. The molecule has 4 aromatic rings. The van der Waals surface area contributed by atoms with E-state index in [4.69, 9.17) is 19.3 Å². The van der Waals surface area contributed by atoms with Gasteiger partial charge in [0.15, 0.2) is 6.23 Å². The van der Waals surface area contributed by atoms with Crippen LogP contribution in [0, 0.1) is 0 Å². The fraction of sp³-hybridized carbons (Fsp3) is 0.382. The monoisotopic (exact) mass is 585 g/mol. The quantitative estimate of drug-likeness (QED) is 0.109. The van der Waals surface area contributed by atoms with Gasteiger partial charge in [-0.25, -0.2) is 4.68 Å². The summed E-state index contributed by atoms with van der Waals surface area (Å²) >= 11 is 1.70. The van der Waals surface area contributed by atoms with E-state index in [1.807, 2.05) is 55.5 Å². The van der Waals surface area contributed by atoms with Crippen molar-refractivity contribution in [3.8, 4) is 5.75 Å². The van der Waals surface area contributed by atoms with E-state index < -0.39 is 0 Å². The Morgan fingerprint density at radius 1 is 1.05 bits per heavy atom. The molecular formula is C34H39N3O4S. The molecule has 0 N–H and O–H groups in total. The summed E-state index contributed by atoms with van der Waals surface area (Å²) in [4.78, 5) is 18.1. The van der Waals surface area contributed by atoms with Crippen molar-refractivity contribution in [3.63, 3.8) is 0 Å². The second-order valence-electron chi connectivity index (χ2n) is 10.3. The minimum atomic E-state index is -0.107. The SMILES string of the molecule is CCOC(=O)CCCCCCOc1ccccc1Sc1ccc2c(C=Cc3ccccn3)nn(C3CCCCO3)c2c1. The van der Waals surface area contributed by atoms with E-state index in [1.54, 1.807) is 18.0 Å². The summed E-state index contributed by atoms with van der Waals surface area (Å²) < 4.78 is 19.4. The number of esters is 1. The Morgan fingerprint density at radius 3 is 2.76 bits per heavy atom. The standard InChI is InChI=1S/C34H39N3O4S/c1-2-39-34(38)17-5-3-4-11-23-40-31-14-6-7-15-32(31)42-27-19-20-28-29(21-18-26-13-8-10-22-35-26)36-37(30(28)25-27)33-16-9-12-24-41-33/h6-8,10,13-15,18-22,25,33H,2-5,9,11-12,16-17,23-24H2,1H3. The first-order valence-corrected chi connectivity index (χ1v) is 15.8. The lowest BCUT2D eigenvalue weighted by Gasteiger charge is -2.23. The highest BCUT2D eigenvalue weighted by molar-refractivity contribution is 7.99. The molecule has 1 saturated heterocycles. The molecule has 3 heterocycles. The highest BCUT2D eigenvalue weighted by Crippen LogP contribution is 2.38. The lowest BCUT2D eigenvalue weighted by atomic mass is 10.1. The zero-order chi connectivity index (χ0) is 29.0. The van der Waals surface area contributed by atoms with E-state index in [-0.39, 0.29) is 12.2 Å². The maximum absolute atomic E-state index is 11.5. The zero-order valence-corrected chi connectivity index (χ0v) is 25.1. The number of aromatic nitrogens is 3. The first-order chi connectivity index (χ1) is 20.7. The maximum atomic E-state index is 11.5. The van der Waals surface area contributed by atoms with Gasteiger partial charge in [0, 0.05) is 29.5 Å². The van der Waals surface area contributed by atoms with Crippen molar-refractivity contribution in [2.24, 2.45) is 0 Å². The molecule has 0 aliphatic carbocycles. The van der Waals surface area contributed by atoms with Crippen molar-refractivity contribution in [3.05, 3.63) is 78.2 Å². The van der Waals surface area contributed by atoms with Gasteiger partial charge in [0.25, 0.3) is 0 Å². The van der Waals surface area contributed by atoms with Gasteiger partial charge in [-0.3, -0.25) is 9.78 Å². The highest BCUT2D eigenvalue weighted by Gasteiger charge is 2.21. The number of carbonyl (C=O) groups excluding carboxylic acids is 1. The summed E-state index contributed by atoms with van der Waals surface area (Å²) in [6.45, 7) is 3.69. The van der Waals surface area contributed by atoms with Crippen molar-refractivity contribution < 1.29 is 19.0 Å². The Labute approximate surface area is 252 Å². The number of hydrogen-bond donors (Lipinski definition) is 0. The molecular weight excluding hydrogens is 546 g/mol. The molecule has 1 fully saturated rings. The minimum absolute atomic E-state index is 0.0635. The van der Waals surface area contributed by atoms with Crippen LogP contribution in [0.15, 0.2) is 76.7 Å². The van der Waals surface area contributed by atoms with Crippen LogP contribution in [0.3, 0.4) is 0 Å². The van der Waals surface area contributed by atoms with Crippen molar-refractivity contribution in [2.75, 3.05) is 19.8 Å². The zero-order valence-electron chi connectivity index (χ0n) is 24.2. The summed E-state index contributed by atoms with van der Waals surface area (Å²) in [7, 11) is 0. The van der Waals surface area contributed by atoms with E-state index in [9.17, 15) is 4.79 Å². The van der Waals surface area contributed by atoms with Crippen LogP contribution in [0.5, 0.6) is 5.75 Å². The molecule has 1 atom stereocenters. The first-order valence-electron chi connectivity index (χ1n) is 15.0. The molecule has 0 bridgehead atoms. The number of nitrogens with zero attached hydrogens (tertiary/aromatic N) is 3. The van der Waals surface area contributed by atoms with Gasteiger partial charge in [0.05, 0.1) is 35.0 Å². The molecule has 0 spiro atoms. The number of carbonyl (C=O) groups is 1. The highest BCUT2D eigenvalue weighted by atomic mass is 32.2. The number of para-hydroxylation sites is 1. The molecule has 1 unspecified atom stereocenters. The fourth-order valence-corrected chi connectivity index (χ4v) is 5.96. The van der Waals surface area contributed by atoms with Crippen LogP contribution < -0.4 is 4.74 Å². The molecule has 0 amide bonds. The van der Waals surface area contributed by atoms with E-state index in [1.165, 1.54) is 0 Å². The van der Waals surface area contributed by atoms with Gasteiger partial charge in [0.2, 0.25) is 0 Å². The van der Waals surface area contributed by atoms with E-state index in [2.05, 4.69) is 33.9 Å². The van der Waals surface area contributed by atoms with E-state index in [0.29, 0.717) is 19.6 Å². The number of fused-ring (bicyclic) bond motifs is 1. The van der Waals surface area contributed by atoms with Gasteiger partial charge in [-0.05, 0) is 93.6 Å². The Kier molecular flexibility index (Phi) is 11.1. The molecule has 2 aromatic carbocycles. The van der Waals surface area contributed by atoms with Gasteiger partial charge in [0.1, 0.15) is 5.75 Å². The largest absolute Gasteiger partial charge is 0.492 e. The number of ether oxygens (including phenoxy) is 3. The fourth-order valence-electron chi connectivity index (χ4n) is 5.02. The Balaban J connectivity index is 1.27. The van der Waals surface area contributed by atoms with Gasteiger partial charge in [-0.1, -0.05) is 42.8 Å². The molecule has 42 heavy (non-hydrogen) atoms. The first kappa shape index (κ1) is 29.9. The van der Waals surface area contributed by atoms with E-state index in [0.717, 1.165) is 89.4 Å². The number of unbranched alkanes of at least 4 members (excludes halogenated alkanes) is 3. The summed E-state index contributed by atoms with van der Waals surface area (Å²) in [5, 5.41) is 6.09. The second kappa shape index (κ2) is 15.6. The molecule has 0 saturated carbocycles. The van der Waals surface area contributed by atoms with Crippen molar-refractivity contribution in [1.29, 1.82) is 0 Å². The van der Waals surface area contributed by atoms with Crippen molar-refractivity contribution in [1.82, 2.24) is 14.8 Å². The van der Waals surface area contributed by atoms with Crippen LogP contribution in [0.1, 0.15) is 75.9 Å². The minimum Gasteiger partial charge on any atom is -0.492 e.